The van der Waals surface area contributed by atoms with Crippen LogP contribution in [0.1, 0.15) is 5.56 Å². The number of carbonyl (C=O) groups excluding carboxylic acids is 1. The van der Waals surface area contributed by atoms with E-state index in [-0.39, 0.29) is 6.42 Å². The minimum atomic E-state index is -1.30. The normalized spacial score (nSPS) is 11.6. The van der Waals surface area contributed by atoms with Crippen molar-refractivity contribution >= 4 is 11.9 Å². The molecule has 1 aromatic rings. The Morgan fingerprint density at radius 2 is 1.90 bits per heavy atom. The molecule has 0 fully saturated rings. The monoisotopic (exact) mass is 283 g/mol. The van der Waals surface area contributed by atoms with E-state index in [4.69, 9.17) is 19.7 Å². The number of hydrogen-bond acceptors (Lipinski definition) is 5. The van der Waals surface area contributed by atoms with Crippen LogP contribution in [0.15, 0.2) is 18.2 Å². The minimum absolute atomic E-state index is 0.0237. The predicted molar refractivity (Wildman–Crippen MR) is 69.9 cm³/mol. The zero-order valence-electron chi connectivity index (χ0n) is 11.3. The summed E-state index contributed by atoms with van der Waals surface area (Å²) < 4.78 is 10.2. The highest BCUT2D eigenvalue weighted by Crippen LogP contribution is 2.27. The number of aliphatic carboxylic acids is 1. The minimum Gasteiger partial charge on any atom is -0.493 e. The van der Waals surface area contributed by atoms with E-state index in [2.05, 4.69) is 5.32 Å². The summed E-state index contributed by atoms with van der Waals surface area (Å²) in [6.45, 7) is -0.660. The number of methoxy groups -OCH3 is 2. The van der Waals surface area contributed by atoms with Crippen molar-refractivity contribution in [1.82, 2.24) is 5.32 Å². The van der Waals surface area contributed by atoms with Gasteiger partial charge in [-0.2, -0.15) is 0 Å². The van der Waals surface area contributed by atoms with Crippen LogP contribution in [0.4, 0.5) is 0 Å². The van der Waals surface area contributed by atoms with Crippen LogP contribution < -0.4 is 14.8 Å². The van der Waals surface area contributed by atoms with E-state index in [1.54, 1.807) is 18.2 Å². The predicted octanol–water partition coefficient (Wildman–Crippen LogP) is -0.192. The van der Waals surface area contributed by atoms with Crippen molar-refractivity contribution in [3.05, 3.63) is 23.8 Å². The first kappa shape index (κ1) is 15.8. The number of benzene rings is 1. The Morgan fingerprint density at radius 1 is 1.25 bits per heavy atom. The van der Waals surface area contributed by atoms with Crippen molar-refractivity contribution in [1.29, 1.82) is 0 Å². The van der Waals surface area contributed by atoms with E-state index in [0.29, 0.717) is 17.1 Å². The number of rotatable bonds is 7. The summed E-state index contributed by atoms with van der Waals surface area (Å²) in [5.41, 5.74) is 0.641. The lowest BCUT2D eigenvalue weighted by molar-refractivity contribution is -0.142. The Hall–Kier alpha value is -2.28. The molecule has 0 saturated heterocycles. The van der Waals surface area contributed by atoms with E-state index < -0.39 is 24.5 Å². The molecule has 0 spiro atoms. The molecule has 1 rings (SSSR count). The van der Waals surface area contributed by atoms with Gasteiger partial charge in [0.15, 0.2) is 11.5 Å². The van der Waals surface area contributed by atoms with Crippen LogP contribution in [-0.4, -0.2) is 49.0 Å². The highest BCUT2D eigenvalue weighted by Gasteiger charge is 2.19. The van der Waals surface area contributed by atoms with Crippen molar-refractivity contribution in [2.24, 2.45) is 0 Å². The Labute approximate surface area is 116 Å². The zero-order chi connectivity index (χ0) is 15.1. The van der Waals surface area contributed by atoms with Gasteiger partial charge in [-0.25, -0.2) is 4.79 Å². The third-order valence-electron chi connectivity index (χ3n) is 2.63. The van der Waals surface area contributed by atoms with Gasteiger partial charge in [0.2, 0.25) is 5.91 Å². The van der Waals surface area contributed by atoms with Crippen molar-refractivity contribution in [2.75, 3.05) is 20.8 Å². The molecule has 0 saturated carbocycles. The molecule has 1 unspecified atom stereocenters. The molecule has 1 atom stereocenters. The number of carboxylic acid groups (broad SMARTS) is 1. The van der Waals surface area contributed by atoms with Gasteiger partial charge in [0, 0.05) is 0 Å². The number of ether oxygens (including phenoxy) is 2. The first-order valence-corrected chi connectivity index (χ1v) is 5.85. The second-order valence-electron chi connectivity index (χ2n) is 4.01. The second kappa shape index (κ2) is 7.34. The van der Waals surface area contributed by atoms with Crippen molar-refractivity contribution in [3.8, 4) is 11.5 Å². The first-order chi connectivity index (χ1) is 9.51. The molecule has 110 valence electrons. The van der Waals surface area contributed by atoms with Gasteiger partial charge in [-0.3, -0.25) is 4.79 Å². The SMILES string of the molecule is COc1ccc(CC(=O)NC(CO)C(=O)O)cc1OC. The van der Waals surface area contributed by atoms with Gasteiger partial charge in [0.25, 0.3) is 0 Å². The Kier molecular flexibility index (Phi) is 5.79. The van der Waals surface area contributed by atoms with Gasteiger partial charge in [-0.05, 0) is 17.7 Å². The molecular formula is C13H17NO6. The summed E-state index contributed by atoms with van der Waals surface area (Å²) in [5.74, 6) is -0.767. The van der Waals surface area contributed by atoms with Crippen LogP contribution in [0.25, 0.3) is 0 Å². The maximum atomic E-state index is 11.7. The van der Waals surface area contributed by atoms with E-state index >= 15 is 0 Å². The van der Waals surface area contributed by atoms with Crippen LogP contribution in [0.5, 0.6) is 11.5 Å². The molecule has 0 heterocycles. The Balaban J connectivity index is 2.73. The smallest absolute Gasteiger partial charge is 0.328 e. The zero-order valence-corrected chi connectivity index (χ0v) is 11.3. The van der Waals surface area contributed by atoms with Gasteiger partial charge < -0.3 is 25.0 Å². The lowest BCUT2D eigenvalue weighted by atomic mass is 10.1. The van der Waals surface area contributed by atoms with E-state index in [1.807, 2.05) is 0 Å². The number of carboxylic acids is 1. The molecule has 7 heteroatoms. The number of carbonyl (C=O) groups is 2. The molecule has 1 aromatic carbocycles. The second-order valence-corrected chi connectivity index (χ2v) is 4.01. The standard InChI is InChI=1S/C13H17NO6/c1-19-10-4-3-8(5-11(10)20-2)6-12(16)14-9(7-15)13(17)18/h3-5,9,15H,6-7H2,1-2H3,(H,14,16)(H,17,18). The summed E-state index contributed by atoms with van der Waals surface area (Å²) in [4.78, 5) is 22.4. The van der Waals surface area contributed by atoms with Crippen LogP contribution in [0, 0.1) is 0 Å². The fourth-order valence-corrected chi connectivity index (χ4v) is 1.61. The maximum Gasteiger partial charge on any atom is 0.328 e. The van der Waals surface area contributed by atoms with Gasteiger partial charge in [-0.15, -0.1) is 0 Å². The topological polar surface area (TPSA) is 105 Å². The molecule has 0 aromatic heterocycles. The molecule has 0 aliphatic rings. The number of nitrogens with one attached hydrogen (secondary N) is 1. The number of aliphatic hydroxyl groups excluding tert-OH is 1. The lowest BCUT2D eigenvalue weighted by Gasteiger charge is -2.12. The average molecular weight is 283 g/mol. The fraction of sp³-hybridized carbons (Fsp3) is 0.385. The largest absolute Gasteiger partial charge is 0.493 e. The molecule has 0 radical (unpaired) electrons. The summed E-state index contributed by atoms with van der Waals surface area (Å²) in [6, 6.07) is 3.66. The number of amides is 1. The van der Waals surface area contributed by atoms with Crippen LogP contribution in [0.3, 0.4) is 0 Å². The van der Waals surface area contributed by atoms with Crippen molar-refractivity contribution < 1.29 is 29.3 Å². The third-order valence-corrected chi connectivity index (χ3v) is 2.63. The highest BCUT2D eigenvalue weighted by molar-refractivity contribution is 5.85. The van der Waals surface area contributed by atoms with Gasteiger partial charge >= 0.3 is 5.97 Å². The van der Waals surface area contributed by atoms with Crippen molar-refractivity contribution in [3.63, 3.8) is 0 Å². The quantitative estimate of drug-likeness (QED) is 0.640. The molecule has 7 nitrogen and oxygen atoms in total. The third kappa shape index (κ3) is 4.13. The summed E-state index contributed by atoms with van der Waals surface area (Å²) in [6.07, 6.45) is -0.0237. The summed E-state index contributed by atoms with van der Waals surface area (Å²) in [7, 11) is 2.98. The van der Waals surface area contributed by atoms with Crippen LogP contribution in [0.2, 0.25) is 0 Å². The van der Waals surface area contributed by atoms with E-state index in [0.717, 1.165) is 0 Å². The van der Waals surface area contributed by atoms with Gasteiger partial charge in [0.05, 0.1) is 27.2 Å². The highest BCUT2D eigenvalue weighted by atomic mass is 16.5. The number of hydrogen-bond donors (Lipinski definition) is 3. The lowest BCUT2D eigenvalue weighted by Crippen LogP contribution is -2.43. The molecular weight excluding hydrogens is 266 g/mol. The van der Waals surface area contributed by atoms with E-state index in [9.17, 15) is 9.59 Å². The number of aliphatic hydroxyl groups is 1. The van der Waals surface area contributed by atoms with Crippen LogP contribution >= 0.6 is 0 Å². The van der Waals surface area contributed by atoms with Crippen molar-refractivity contribution in [2.45, 2.75) is 12.5 Å². The fourth-order valence-electron chi connectivity index (χ4n) is 1.61. The Morgan fingerprint density at radius 3 is 2.40 bits per heavy atom. The molecule has 0 bridgehead atoms. The molecule has 20 heavy (non-hydrogen) atoms. The summed E-state index contributed by atoms with van der Waals surface area (Å²) in [5, 5.41) is 19.8. The first-order valence-electron chi connectivity index (χ1n) is 5.85. The van der Waals surface area contributed by atoms with Crippen LogP contribution in [-0.2, 0) is 16.0 Å². The van der Waals surface area contributed by atoms with Gasteiger partial charge in [0.1, 0.15) is 6.04 Å². The summed E-state index contributed by atoms with van der Waals surface area (Å²) >= 11 is 0. The average Bonchev–Trinajstić information content (AvgIpc) is 2.44. The Bertz CT molecular complexity index is 488. The molecule has 0 aliphatic heterocycles. The molecule has 0 aliphatic carbocycles. The molecule has 3 N–H and O–H groups in total. The maximum absolute atomic E-state index is 11.7. The van der Waals surface area contributed by atoms with Gasteiger partial charge in [-0.1, -0.05) is 6.07 Å². The van der Waals surface area contributed by atoms with E-state index in [1.165, 1.54) is 14.2 Å². The molecule has 1 amide bonds.